The van der Waals surface area contributed by atoms with Gasteiger partial charge in [-0.2, -0.15) is 5.10 Å². The van der Waals surface area contributed by atoms with Crippen LogP contribution >= 0.6 is 0 Å². The van der Waals surface area contributed by atoms with Crippen molar-refractivity contribution in [3.63, 3.8) is 0 Å². The average molecular weight is 302 g/mol. The fourth-order valence-corrected chi connectivity index (χ4v) is 3.14. The largest absolute Gasteiger partial charge is 0.360 e. The van der Waals surface area contributed by atoms with E-state index in [-0.39, 0.29) is 11.9 Å². The molecule has 2 heterocycles. The van der Waals surface area contributed by atoms with Crippen LogP contribution in [0.3, 0.4) is 0 Å². The van der Waals surface area contributed by atoms with Gasteiger partial charge in [-0.05, 0) is 32.6 Å². The summed E-state index contributed by atoms with van der Waals surface area (Å²) in [7, 11) is 1.88. The molecule has 0 bridgehead atoms. The first kappa shape index (κ1) is 14.8. The molecule has 0 aromatic carbocycles. The van der Waals surface area contributed by atoms with Gasteiger partial charge in [-0.15, -0.1) is 0 Å². The van der Waals surface area contributed by atoms with Gasteiger partial charge < -0.3 is 9.84 Å². The molecule has 2 aromatic rings. The molecule has 0 saturated heterocycles. The maximum atomic E-state index is 12.5. The Morgan fingerprint density at radius 2 is 2.32 bits per heavy atom. The molecule has 6 heteroatoms. The normalized spacial score (nSPS) is 18.8. The zero-order valence-electron chi connectivity index (χ0n) is 13.5. The summed E-state index contributed by atoms with van der Waals surface area (Å²) in [5.74, 6) is 1.26. The molecule has 2 unspecified atom stereocenters. The summed E-state index contributed by atoms with van der Waals surface area (Å²) < 4.78 is 7.10. The summed E-state index contributed by atoms with van der Waals surface area (Å²) in [6, 6.07) is -0.116. The van der Waals surface area contributed by atoms with Crippen LogP contribution in [0.25, 0.3) is 0 Å². The number of nitrogens with zero attached hydrogens (tertiary/aromatic N) is 3. The third kappa shape index (κ3) is 2.65. The highest BCUT2D eigenvalue weighted by molar-refractivity contribution is 5.94. The first-order valence-electron chi connectivity index (χ1n) is 7.74. The third-order valence-corrected chi connectivity index (χ3v) is 4.37. The van der Waals surface area contributed by atoms with Crippen molar-refractivity contribution in [1.29, 1.82) is 0 Å². The van der Waals surface area contributed by atoms with Crippen LogP contribution in [0, 0.1) is 12.8 Å². The van der Waals surface area contributed by atoms with E-state index < -0.39 is 0 Å². The quantitative estimate of drug-likeness (QED) is 0.944. The number of carbonyl (C=O) groups is 1. The van der Waals surface area contributed by atoms with Crippen molar-refractivity contribution < 1.29 is 9.32 Å². The molecule has 0 spiro atoms. The molecule has 3 rings (SSSR count). The minimum Gasteiger partial charge on any atom is -0.360 e. The first-order chi connectivity index (χ1) is 10.5. The van der Waals surface area contributed by atoms with Crippen LogP contribution in [0.1, 0.15) is 59.4 Å². The van der Waals surface area contributed by atoms with Crippen molar-refractivity contribution in [3.8, 4) is 0 Å². The topological polar surface area (TPSA) is 73.0 Å². The maximum absolute atomic E-state index is 12.5. The molecule has 2 atom stereocenters. The number of hydrogen-bond donors (Lipinski definition) is 1. The van der Waals surface area contributed by atoms with Crippen LogP contribution < -0.4 is 5.32 Å². The van der Waals surface area contributed by atoms with Gasteiger partial charge in [-0.25, -0.2) is 0 Å². The molecule has 6 nitrogen and oxygen atoms in total. The van der Waals surface area contributed by atoms with Crippen molar-refractivity contribution in [2.24, 2.45) is 13.0 Å². The molecular formula is C16H22N4O2. The maximum Gasteiger partial charge on any atom is 0.274 e. The Kier molecular flexibility index (Phi) is 3.76. The summed E-state index contributed by atoms with van der Waals surface area (Å²) in [5, 5.41) is 11.3. The minimum atomic E-state index is -0.171. The summed E-state index contributed by atoms with van der Waals surface area (Å²) in [4.78, 5) is 12.5. The summed E-state index contributed by atoms with van der Waals surface area (Å²) >= 11 is 0. The SMILES string of the molecule is Cc1nn(C)cc1C(C)NC(=O)c1noc2c1CC(C)CC2. The number of fused-ring (bicyclic) bond motifs is 1. The van der Waals surface area contributed by atoms with Crippen molar-refractivity contribution in [1.82, 2.24) is 20.3 Å². The third-order valence-electron chi connectivity index (χ3n) is 4.37. The highest BCUT2D eigenvalue weighted by Gasteiger charge is 2.27. The second-order valence-electron chi connectivity index (χ2n) is 6.32. The summed E-state index contributed by atoms with van der Waals surface area (Å²) in [6.07, 6.45) is 4.76. The van der Waals surface area contributed by atoms with Gasteiger partial charge in [0.15, 0.2) is 5.69 Å². The Bertz CT molecular complexity index is 701. The minimum absolute atomic E-state index is 0.116. The summed E-state index contributed by atoms with van der Waals surface area (Å²) in [5.41, 5.74) is 3.36. The van der Waals surface area contributed by atoms with Crippen LogP contribution in [0.4, 0.5) is 0 Å². The standard InChI is InChI=1S/C16H22N4O2/c1-9-5-6-14-12(7-9)15(19-22-14)16(21)17-10(2)13-8-20(4)18-11(13)3/h8-10H,5-7H2,1-4H3,(H,17,21). The predicted octanol–water partition coefficient (Wildman–Crippen LogP) is 2.33. The number of aryl methyl sites for hydroxylation is 3. The number of rotatable bonds is 3. The van der Waals surface area contributed by atoms with Gasteiger partial charge in [0.1, 0.15) is 5.76 Å². The van der Waals surface area contributed by atoms with E-state index in [4.69, 9.17) is 4.52 Å². The van der Waals surface area contributed by atoms with Crippen molar-refractivity contribution >= 4 is 5.91 Å². The number of nitrogens with one attached hydrogen (secondary N) is 1. The van der Waals surface area contributed by atoms with Crippen molar-refractivity contribution in [2.45, 2.75) is 46.1 Å². The molecule has 1 N–H and O–H groups in total. The smallest absolute Gasteiger partial charge is 0.274 e. The lowest BCUT2D eigenvalue weighted by molar-refractivity contribution is 0.0929. The van der Waals surface area contributed by atoms with Crippen LogP contribution in [0.5, 0.6) is 0 Å². The lowest BCUT2D eigenvalue weighted by Crippen LogP contribution is -2.28. The fraction of sp³-hybridized carbons (Fsp3) is 0.562. The van der Waals surface area contributed by atoms with Gasteiger partial charge in [0, 0.05) is 30.8 Å². The number of amides is 1. The Morgan fingerprint density at radius 1 is 1.55 bits per heavy atom. The molecule has 1 amide bonds. The second-order valence-corrected chi connectivity index (χ2v) is 6.32. The molecule has 0 aliphatic heterocycles. The van der Waals surface area contributed by atoms with Gasteiger partial charge >= 0.3 is 0 Å². The highest BCUT2D eigenvalue weighted by atomic mass is 16.5. The van der Waals surface area contributed by atoms with Gasteiger partial charge in [0.05, 0.1) is 11.7 Å². The Hall–Kier alpha value is -2.11. The van der Waals surface area contributed by atoms with E-state index in [1.807, 2.05) is 27.1 Å². The van der Waals surface area contributed by atoms with E-state index in [9.17, 15) is 4.79 Å². The molecule has 22 heavy (non-hydrogen) atoms. The monoisotopic (exact) mass is 302 g/mol. The lowest BCUT2D eigenvalue weighted by atomic mass is 9.88. The Balaban J connectivity index is 1.78. The molecule has 118 valence electrons. The van der Waals surface area contributed by atoms with E-state index in [2.05, 4.69) is 22.5 Å². The van der Waals surface area contributed by atoms with E-state index in [1.165, 1.54) is 0 Å². The average Bonchev–Trinajstić information content (AvgIpc) is 3.01. The van der Waals surface area contributed by atoms with E-state index >= 15 is 0 Å². The van der Waals surface area contributed by atoms with E-state index in [1.54, 1.807) is 4.68 Å². The van der Waals surface area contributed by atoms with Crippen LogP contribution in [-0.2, 0) is 19.9 Å². The van der Waals surface area contributed by atoms with Gasteiger partial charge in [-0.1, -0.05) is 12.1 Å². The van der Waals surface area contributed by atoms with Crippen LogP contribution in [-0.4, -0.2) is 20.8 Å². The zero-order valence-corrected chi connectivity index (χ0v) is 13.5. The Labute approximate surface area is 129 Å². The summed E-state index contributed by atoms with van der Waals surface area (Å²) in [6.45, 7) is 6.09. The van der Waals surface area contributed by atoms with E-state index in [0.717, 1.165) is 41.8 Å². The highest BCUT2D eigenvalue weighted by Crippen LogP contribution is 2.28. The number of carbonyl (C=O) groups excluding carboxylic acids is 1. The van der Waals surface area contributed by atoms with Gasteiger partial charge in [0.25, 0.3) is 5.91 Å². The predicted molar refractivity (Wildman–Crippen MR) is 81.5 cm³/mol. The molecular weight excluding hydrogens is 280 g/mol. The zero-order chi connectivity index (χ0) is 15.9. The lowest BCUT2D eigenvalue weighted by Gasteiger charge is -2.17. The molecule has 1 aliphatic carbocycles. The van der Waals surface area contributed by atoms with E-state index in [0.29, 0.717) is 11.6 Å². The van der Waals surface area contributed by atoms with Gasteiger partial charge in [0.2, 0.25) is 0 Å². The second kappa shape index (κ2) is 5.59. The Morgan fingerprint density at radius 3 is 3.00 bits per heavy atom. The van der Waals surface area contributed by atoms with Crippen LogP contribution in [0.2, 0.25) is 0 Å². The molecule has 1 aliphatic rings. The van der Waals surface area contributed by atoms with Crippen LogP contribution in [0.15, 0.2) is 10.7 Å². The number of hydrogen-bond acceptors (Lipinski definition) is 4. The fourth-order valence-electron chi connectivity index (χ4n) is 3.14. The van der Waals surface area contributed by atoms with Crippen molar-refractivity contribution in [3.05, 3.63) is 34.5 Å². The molecule has 0 radical (unpaired) electrons. The van der Waals surface area contributed by atoms with Gasteiger partial charge in [-0.3, -0.25) is 9.48 Å². The molecule has 0 fully saturated rings. The molecule has 2 aromatic heterocycles. The molecule has 0 saturated carbocycles. The number of aromatic nitrogens is 3. The first-order valence-corrected chi connectivity index (χ1v) is 7.74. The van der Waals surface area contributed by atoms with Crippen molar-refractivity contribution in [2.75, 3.05) is 0 Å².